The highest BCUT2D eigenvalue weighted by molar-refractivity contribution is 6.02. The Morgan fingerprint density at radius 2 is 1.65 bits per heavy atom. The molecule has 1 aliphatic rings. The van der Waals surface area contributed by atoms with Gasteiger partial charge in [0.25, 0.3) is 5.91 Å². The number of ether oxygens (including phenoxy) is 1. The van der Waals surface area contributed by atoms with Crippen LogP contribution in [-0.4, -0.2) is 57.0 Å². The van der Waals surface area contributed by atoms with Crippen molar-refractivity contribution in [3.63, 3.8) is 0 Å². The van der Waals surface area contributed by atoms with Crippen LogP contribution in [0.1, 0.15) is 41.4 Å². The zero-order chi connectivity index (χ0) is 24.6. The number of benzene rings is 2. The Morgan fingerprint density at radius 1 is 1.09 bits per heavy atom. The normalized spacial score (nSPS) is 12.6. The Balaban J connectivity index is 1.49. The molecule has 0 fully saturated rings. The molecule has 0 aliphatic heterocycles. The molecule has 3 aromatic rings. The molecule has 9 nitrogen and oxygen atoms in total. The number of rotatable bonds is 6. The van der Waals surface area contributed by atoms with Crippen LogP contribution in [0.25, 0.3) is 11.1 Å². The molecule has 4 rings (SSSR count). The van der Waals surface area contributed by atoms with Gasteiger partial charge in [0.2, 0.25) is 0 Å². The van der Waals surface area contributed by atoms with E-state index in [1.165, 1.54) is 31.8 Å². The number of fused-ring (bicyclic) bond motifs is 3. The zero-order valence-electron chi connectivity index (χ0n) is 19.4. The van der Waals surface area contributed by atoms with Gasteiger partial charge in [0, 0.05) is 26.2 Å². The van der Waals surface area contributed by atoms with Gasteiger partial charge in [-0.2, -0.15) is 5.10 Å². The summed E-state index contributed by atoms with van der Waals surface area (Å²) in [5, 5.41) is 16.1. The maximum Gasteiger partial charge on any atom is 0.411 e. The van der Waals surface area contributed by atoms with E-state index in [9.17, 15) is 19.5 Å². The number of likely N-dealkylation sites (N-methyl/N-ethyl adjacent to an activating group) is 1. The Labute approximate surface area is 196 Å². The fourth-order valence-corrected chi connectivity index (χ4v) is 4.04. The van der Waals surface area contributed by atoms with E-state index in [0.717, 1.165) is 27.2 Å². The van der Waals surface area contributed by atoms with Gasteiger partial charge >= 0.3 is 12.1 Å². The van der Waals surface area contributed by atoms with Crippen LogP contribution in [0.4, 0.5) is 10.5 Å². The zero-order valence-corrected chi connectivity index (χ0v) is 19.4. The van der Waals surface area contributed by atoms with Crippen LogP contribution in [0, 0.1) is 0 Å². The summed E-state index contributed by atoms with van der Waals surface area (Å²) in [6.07, 6.45) is 0.736. The van der Waals surface area contributed by atoms with Crippen molar-refractivity contribution in [2.75, 3.05) is 19.0 Å². The fourth-order valence-electron chi connectivity index (χ4n) is 4.04. The summed E-state index contributed by atoms with van der Waals surface area (Å²) in [5.41, 5.74) is 3.02. The van der Waals surface area contributed by atoms with E-state index < -0.39 is 23.5 Å². The third-order valence-electron chi connectivity index (χ3n) is 6.28. The SMILES string of the molecule is CN(C(=O)c1nn(C)cc1NC(=O)OCC1c2ccccc2-c2ccccc21)C(C)(C)C(=O)O. The molecule has 176 valence electrons. The van der Waals surface area contributed by atoms with Gasteiger partial charge in [-0.1, -0.05) is 48.5 Å². The second-order valence-corrected chi connectivity index (χ2v) is 8.74. The largest absolute Gasteiger partial charge is 0.480 e. The monoisotopic (exact) mass is 462 g/mol. The number of aromatic nitrogens is 2. The second kappa shape index (κ2) is 8.66. The van der Waals surface area contributed by atoms with Crippen molar-refractivity contribution < 1.29 is 24.2 Å². The molecule has 0 unspecified atom stereocenters. The summed E-state index contributed by atoms with van der Waals surface area (Å²) in [6, 6.07) is 16.0. The van der Waals surface area contributed by atoms with Gasteiger partial charge in [0.05, 0.1) is 5.69 Å². The minimum absolute atomic E-state index is 0.0761. The molecule has 0 spiro atoms. The summed E-state index contributed by atoms with van der Waals surface area (Å²) in [6.45, 7) is 2.94. The third kappa shape index (κ3) is 4.00. The highest BCUT2D eigenvalue weighted by atomic mass is 16.5. The number of anilines is 1. The number of carboxylic acid groups (broad SMARTS) is 1. The average molecular weight is 463 g/mol. The molecular weight excluding hydrogens is 436 g/mol. The third-order valence-corrected chi connectivity index (χ3v) is 6.28. The van der Waals surface area contributed by atoms with Crippen LogP contribution in [0.2, 0.25) is 0 Å². The smallest absolute Gasteiger partial charge is 0.411 e. The van der Waals surface area contributed by atoms with Crippen molar-refractivity contribution >= 4 is 23.7 Å². The molecule has 0 atom stereocenters. The number of hydrogen-bond acceptors (Lipinski definition) is 5. The van der Waals surface area contributed by atoms with Crippen molar-refractivity contribution in [3.8, 4) is 11.1 Å². The van der Waals surface area contributed by atoms with Crippen molar-refractivity contribution in [1.82, 2.24) is 14.7 Å². The molecule has 9 heteroatoms. The first-order chi connectivity index (χ1) is 16.1. The van der Waals surface area contributed by atoms with Gasteiger partial charge in [-0.25, -0.2) is 9.59 Å². The molecule has 0 saturated carbocycles. The van der Waals surface area contributed by atoms with Crippen LogP contribution in [0.3, 0.4) is 0 Å². The maximum absolute atomic E-state index is 12.9. The minimum atomic E-state index is -1.46. The first kappa shape index (κ1) is 23.0. The minimum Gasteiger partial charge on any atom is -0.480 e. The van der Waals surface area contributed by atoms with Gasteiger partial charge < -0.3 is 14.7 Å². The van der Waals surface area contributed by atoms with Gasteiger partial charge in [-0.05, 0) is 36.1 Å². The number of carboxylic acids is 1. The van der Waals surface area contributed by atoms with E-state index >= 15 is 0 Å². The molecule has 2 aromatic carbocycles. The van der Waals surface area contributed by atoms with E-state index in [-0.39, 0.29) is 23.9 Å². The van der Waals surface area contributed by atoms with Crippen molar-refractivity contribution in [3.05, 3.63) is 71.5 Å². The molecule has 2 N–H and O–H groups in total. The predicted octanol–water partition coefficient (Wildman–Crippen LogP) is 3.72. The maximum atomic E-state index is 12.9. The number of carbonyl (C=O) groups is 3. The number of carbonyl (C=O) groups excluding carboxylic acids is 2. The Bertz CT molecular complexity index is 1230. The van der Waals surface area contributed by atoms with Gasteiger partial charge in [0.1, 0.15) is 12.1 Å². The fraction of sp³-hybridized carbons (Fsp3) is 0.280. The summed E-state index contributed by atoms with van der Waals surface area (Å²) in [5.74, 6) is -1.90. The van der Waals surface area contributed by atoms with Crippen LogP contribution < -0.4 is 5.32 Å². The molecule has 1 aromatic heterocycles. The summed E-state index contributed by atoms with van der Waals surface area (Å²) in [4.78, 5) is 38.2. The first-order valence-corrected chi connectivity index (χ1v) is 10.8. The van der Waals surface area contributed by atoms with Crippen molar-refractivity contribution in [2.45, 2.75) is 25.3 Å². The van der Waals surface area contributed by atoms with Crippen LogP contribution in [0.5, 0.6) is 0 Å². The van der Waals surface area contributed by atoms with Crippen molar-refractivity contribution in [1.29, 1.82) is 0 Å². The van der Waals surface area contributed by atoms with E-state index in [1.807, 2.05) is 36.4 Å². The van der Waals surface area contributed by atoms with E-state index in [2.05, 4.69) is 22.5 Å². The number of hydrogen-bond donors (Lipinski definition) is 2. The Kier molecular flexibility index (Phi) is 5.87. The van der Waals surface area contributed by atoms with Crippen LogP contribution in [0.15, 0.2) is 54.7 Å². The van der Waals surface area contributed by atoms with Gasteiger partial charge in [-0.3, -0.25) is 14.8 Å². The van der Waals surface area contributed by atoms with E-state index in [1.54, 1.807) is 7.05 Å². The van der Waals surface area contributed by atoms with Gasteiger partial charge in [-0.15, -0.1) is 0 Å². The molecule has 34 heavy (non-hydrogen) atoms. The highest BCUT2D eigenvalue weighted by Crippen LogP contribution is 2.44. The molecular formula is C25H26N4O5. The van der Waals surface area contributed by atoms with Crippen molar-refractivity contribution in [2.24, 2.45) is 7.05 Å². The molecule has 1 aliphatic carbocycles. The number of nitrogens with one attached hydrogen (secondary N) is 1. The average Bonchev–Trinajstić information content (AvgIpc) is 3.33. The highest BCUT2D eigenvalue weighted by Gasteiger charge is 2.37. The molecule has 2 amide bonds. The van der Waals surface area contributed by atoms with Gasteiger partial charge in [0.15, 0.2) is 5.69 Å². The predicted molar refractivity (Wildman–Crippen MR) is 126 cm³/mol. The van der Waals surface area contributed by atoms with Crippen LogP contribution >= 0.6 is 0 Å². The van der Waals surface area contributed by atoms with E-state index in [4.69, 9.17) is 4.74 Å². The second-order valence-electron chi connectivity index (χ2n) is 8.74. The van der Waals surface area contributed by atoms with Crippen LogP contribution in [-0.2, 0) is 16.6 Å². The summed E-state index contributed by atoms with van der Waals surface area (Å²) >= 11 is 0. The standard InChI is InChI=1S/C25H26N4O5/c1-25(2,23(31)32)29(4)22(30)21-20(13-28(3)27-21)26-24(33)34-14-19-17-11-7-5-9-15(17)16-10-6-8-12-18(16)19/h5-13,19H,14H2,1-4H3,(H,26,33)(H,31,32). The lowest BCUT2D eigenvalue weighted by Crippen LogP contribution is -2.51. The lowest BCUT2D eigenvalue weighted by Gasteiger charge is -2.31. The molecule has 0 radical (unpaired) electrons. The molecule has 0 bridgehead atoms. The number of aryl methyl sites for hydroxylation is 1. The molecule has 1 heterocycles. The number of aliphatic carboxylic acids is 1. The summed E-state index contributed by atoms with van der Waals surface area (Å²) < 4.78 is 6.92. The Morgan fingerprint density at radius 3 is 2.21 bits per heavy atom. The number of nitrogens with zero attached hydrogens (tertiary/aromatic N) is 3. The first-order valence-electron chi connectivity index (χ1n) is 10.8. The molecule has 0 saturated heterocycles. The quantitative estimate of drug-likeness (QED) is 0.577. The van der Waals surface area contributed by atoms with E-state index in [0.29, 0.717) is 0 Å². The number of amides is 2. The Hall–Kier alpha value is -4.14. The lowest BCUT2D eigenvalue weighted by atomic mass is 9.98. The topological polar surface area (TPSA) is 114 Å². The lowest BCUT2D eigenvalue weighted by molar-refractivity contribution is -0.147. The summed E-state index contributed by atoms with van der Waals surface area (Å²) in [7, 11) is 2.98.